The molecule has 1 aromatic heterocycles. The average molecular weight is 415 g/mol. The molecule has 1 aliphatic carbocycles. The third-order valence-electron chi connectivity index (χ3n) is 6.65. The maximum absolute atomic E-state index is 12.3. The van der Waals surface area contributed by atoms with Gasteiger partial charge in [-0.25, -0.2) is 9.97 Å². The summed E-state index contributed by atoms with van der Waals surface area (Å²) in [7, 11) is 0. The lowest BCUT2D eigenvalue weighted by atomic mass is 9.93. The number of piperidine rings is 1. The van der Waals surface area contributed by atoms with Crippen LogP contribution in [0.3, 0.4) is 0 Å². The van der Waals surface area contributed by atoms with Crippen molar-refractivity contribution >= 4 is 17.5 Å². The molecule has 1 saturated carbocycles. The molecule has 1 amide bonds. The number of aromatic nitrogens is 2. The van der Waals surface area contributed by atoms with E-state index in [1.165, 1.54) is 58.0 Å². The first kappa shape index (κ1) is 21.3. The summed E-state index contributed by atoms with van der Waals surface area (Å²) in [6, 6.07) is 2.68. The molecule has 7 heteroatoms. The van der Waals surface area contributed by atoms with Crippen molar-refractivity contribution in [2.75, 3.05) is 49.5 Å². The summed E-state index contributed by atoms with van der Waals surface area (Å²) >= 11 is 0. The first-order valence-electron chi connectivity index (χ1n) is 12.1. The second-order valence-corrected chi connectivity index (χ2v) is 9.28. The van der Waals surface area contributed by atoms with Gasteiger partial charge in [-0.3, -0.25) is 4.79 Å². The Bertz CT molecular complexity index is 671. The molecule has 0 bridgehead atoms. The number of hydrogen-bond donors (Lipinski definition) is 2. The second kappa shape index (κ2) is 10.9. The van der Waals surface area contributed by atoms with Crippen LogP contribution in [-0.2, 0) is 4.79 Å². The van der Waals surface area contributed by atoms with Crippen LogP contribution in [0.4, 0.5) is 11.6 Å². The fourth-order valence-electron chi connectivity index (χ4n) is 4.68. The molecule has 1 unspecified atom stereocenters. The fourth-order valence-corrected chi connectivity index (χ4v) is 4.68. The van der Waals surface area contributed by atoms with Crippen LogP contribution in [0, 0.1) is 5.92 Å². The van der Waals surface area contributed by atoms with E-state index in [9.17, 15) is 4.79 Å². The summed E-state index contributed by atoms with van der Waals surface area (Å²) in [6.07, 6.45) is 13.4. The summed E-state index contributed by atoms with van der Waals surface area (Å²) in [5.41, 5.74) is 0. The maximum atomic E-state index is 12.3. The molecule has 0 spiro atoms. The van der Waals surface area contributed by atoms with E-state index in [0.29, 0.717) is 18.4 Å². The van der Waals surface area contributed by atoms with E-state index < -0.39 is 0 Å². The Morgan fingerprint density at radius 3 is 2.67 bits per heavy atom. The summed E-state index contributed by atoms with van der Waals surface area (Å²) in [4.78, 5) is 26.1. The van der Waals surface area contributed by atoms with Crippen molar-refractivity contribution in [2.45, 2.75) is 70.3 Å². The lowest BCUT2D eigenvalue weighted by molar-refractivity contribution is -0.121. The number of nitrogens with zero attached hydrogens (tertiary/aromatic N) is 4. The van der Waals surface area contributed by atoms with Crippen LogP contribution < -0.4 is 15.5 Å². The molecule has 2 N–H and O–H groups in total. The van der Waals surface area contributed by atoms with Gasteiger partial charge in [0.05, 0.1) is 0 Å². The minimum atomic E-state index is 0.208. The monoisotopic (exact) mass is 414 g/mol. The van der Waals surface area contributed by atoms with Gasteiger partial charge >= 0.3 is 0 Å². The first-order valence-corrected chi connectivity index (χ1v) is 12.1. The van der Waals surface area contributed by atoms with Crippen molar-refractivity contribution in [3.05, 3.63) is 12.4 Å². The number of amides is 1. The van der Waals surface area contributed by atoms with Crippen LogP contribution in [0.1, 0.15) is 64.2 Å². The molecule has 0 radical (unpaired) electrons. The summed E-state index contributed by atoms with van der Waals surface area (Å²) in [5, 5.41) is 6.60. The Balaban J connectivity index is 1.16. The number of hydrogen-bond acceptors (Lipinski definition) is 6. The molecule has 2 aliphatic heterocycles. The average Bonchev–Trinajstić information content (AvgIpc) is 3.61. The summed E-state index contributed by atoms with van der Waals surface area (Å²) < 4.78 is 0. The van der Waals surface area contributed by atoms with Crippen molar-refractivity contribution in [3.8, 4) is 0 Å². The van der Waals surface area contributed by atoms with Crippen molar-refractivity contribution in [3.63, 3.8) is 0 Å². The number of nitrogens with one attached hydrogen (secondary N) is 2. The fraction of sp³-hybridized carbons (Fsp3) is 0.783. The zero-order chi connectivity index (χ0) is 20.6. The molecule has 3 fully saturated rings. The zero-order valence-electron chi connectivity index (χ0n) is 18.3. The highest BCUT2D eigenvalue weighted by atomic mass is 16.1. The molecule has 1 aromatic rings. The highest BCUT2D eigenvalue weighted by Gasteiger charge is 2.24. The molecule has 3 heterocycles. The smallest absolute Gasteiger partial charge is 0.220 e. The molecule has 3 aliphatic rings. The molecular formula is C23H38N6O. The Hall–Kier alpha value is -1.89. The van der Waals surface area contributed by atoms with E-state index >= 15 is 0 Å². The maximum Gasteiger partial charge on any atom is 0.220 e. The lowest BCUT2D eigenvalue weighted by Gasteiger charge is -2.33. The van der Waals surface area contributed by atoms with Gasteiger partial charge in [0.2, 0.25) is 5.91 Å². The van der Waals surface area contributed by atoms with E-state index in [2.05, 4.69) is 36.5 Å². The third kappa shape index (κ3) is 6.83. The normalized spacial score (nSPS) is 23.1. The van der Waals surface area contributed by atoms with Gasteiger partial charge in [-0.05, 0) is 64.0 Å². The van der Waals surface area contributed by atoms with E-state index in [-0.39, 0.29) is 5.91 Å². The summed E-state index contributed by atoms with van der Waals surface area (Å²) in [6.45, 7) is 6.18. The van der Waals surface area contributed by atoms with Crippen molar-refractivity contribution in [1.82, 2.24) is 20.2 Å². The molecular weight excluding hydrogens is 376 g/mol. The molecule has 0 aromatic carbocycles. The lowest BCUT2D eigenvalue weighted by Crippen LogP contribution is -2.37. The van der Waals surface area contributed by atoms with Gasteiger partial charge in [-0.2, -0.15) is 0 Å². The third-order valence-corrected chi connectivity index (χ3v) is 6.65. The molecule has 2 saturated heterocycles. The van der Waals surface area contributed by atoms with Gasteiger partial charge in [0, 0.05) is 44.7 Å². The van der Waals surface area contributed by atoms with Crippen molar-refractivity contribution < 1.29 is 4.79 Å². The number of carbonyl (C=O) groups is 1. The molecule has 7 nitrogen and oxygen atoms in total. The van der Waals surface area contributed by atoms with Gasteiger partial charge in [0.25, 0.3) is 0 Å². The first-order chi connectivity index (χ1) is 14.8. The Kier molecular flexibility index (Phi) is 7.78. The Morgan fingerprint density at radius 2 is 1.87 bits per heavy atom. The Morgan fingerprint density at radius 1 is 1.03 bits per heavy atom. The highest BCUT2D eigenvalue weighted by molar-refractivity contribution is 5.75. The van der Waals surface area contributed by atoms with Gasteiger partial charge in [0.1, 0.15) is 18.0 Å². The van der Waals surface area contributed by atoms with Gasteiger partial charge in [-0.1, -0.05) is 12.8 Å². The van der Waals surface area contributed by atoms with E-state index in [0.717, 1.165) is 50.7 Å². The van der Waals surface area contributed by atoms with Crippen LogP contribution in [0.2, 0.25) is 0 Å². The Labute approximate surface area is 181 Å². The highest BCUT2D eigenvalue weighted by Crippen LogP contribution is 2.27. The number of anilines is 2. The standard InChI is InChI=1S/C23H38N6O/c30-23(24-11-15-28-12-3-1-2-4-13-28)10-7-19-6-5-14-29(17-19)22-16-21(25-18-26-22)27-20-8-9-20/h16,18-20H,1-15,17H2,(H,24,30)(H,25,26,27). The van der Waals surface area contributed by atoms with Crippen LogP contribution in [0.25, 0.3) is 0 Å². The van der Waals surface area contributed by atoms with E-state index in [1.54, 1.807) is 6.33 Å². The second-order valence-electron chi connectivity index (χ2n) is 9.28. The van der Waals surface area contributed by atoms with Crippen LogP contribution >= 0.6 is 0 Å². The van der Waals surface area contributed by atoms with Crippen LogP contribution in [0.5, 0.6) is 0 Å². The van der Waals surface area contributed by atoms with Crippen molar-refractivity contribution in [2.24, 2.45) is 5.92 Å². The van der Waals surface area contributed by atoms with Crippen LogP contribution in [0.15, 0.2) is 12.4 Å². The van der Waals surface area contributed by atoms with Gasteiger partial charge in [-0.15, -0.1) is 0 Å². The predicted molar refractivity (Wildman–Crippen MR) is 121 cm³/mol. The van der Waals surface area contributed by atoms with Crippen molar-refractivity contribution in [1.29, 1.82) is 0 Å². The number of rotatable bonds is 9. The number of carbonyl (C=O) groups excluding carboxylic acids is 1. The quantitative estimate of drug-likeness (QED) is 0.647. The molecule has 1 atom stereocenters. The largest absolute Gasteiger partial charge is 0.367 e. The minimum absolute atomic E-state index is 0.208. The SMILES string of the molecule is O=C(CCC1CCCN(c2cc(NC3CC3)ncn2)C1)NCCN1CCCCCC1. The zero-order valence-corrected chi connectivity index (χ0v) is 18.3. The topological polar surface area (TPSA) is 73.4 Å². The van der Waals surface area contributed by atoms with Gasteiger partial charge < -0.3 is 20.4 Å². The van der Waals surface area contributed by atoms with E-state index in [1.807, 2.05) is 0 Å². The summed E-state index contributed by atoms with van der Waals surface area (Å²) in [5.74, 6) is 2.72. The van der Waals surface area contributed by atoms with E-state index in [4.69, 9.17) is 0 Å². The molecule has 166 valence electrons. The molecule has 4 rings (SSSR count). The van der Waals surface area contributed by atoms with Crippen LogP contribution in [-0.4, -0.2) is 66.1 Å². The molecule has 30 heavy (non-hydrogen) atoms. The van der Waals surface area contributed by atoms with Gasteiger partial charge in [0.15, 0.2) is 0 Å². The number of likely N-dealkylation sites (tertiary alicyclic amines) is 1. The minimum Gasteiger partial charge on any atom is -0.367 e. The predicted octanol–water partition coefficient (Wildman–Crippen LogP) is 3.04.